The maximum atomic E-state index is 11.5. The maximum absolute atomic E-state index is 11.5. The van der Waals surface area contributed by atoms with Gasteiger partial charge in [-0.15, -0.1) is 0 Å². The number of hydrogen-bond acceptors (Lipinski definition) is 9. The molecule has 0 saturated heterocycles. The zero-order chi connectivity index (χ0) is 28.5. The fourth-order valence-corrected chi connectivity index (χ4v) is 6.14. The lowest BCUT2D eigenvalue weighted by molar-refractivity contribution is -0.668. The fraction of sp³-hybridized carbons (Fsp3) is 0.261. The van der Waals surface area contributed by atoms with Crippen LogP contribution in [0, 0.1) is 0 Å². The lowest BCUT2D eigenvalue weighted by Crippen LogP contribution is -2.36. The van der Waals surface area contributed by atoms with Crippen molar-refractivity contribution in [2.45, 2.75) is 19.4 Å². The van der Waals surface area contributed by atoms with Crippen molar-refractivity contribution in [2.75, 3.05) is 23.0 Å². The Kier molecular flexibility index (Phi) is 7.94. The molecule has 0 radical (unpaired) electrons. The molecule has 4 N–H and O–H groups in total. The lowest BCUT2D eigenvalue weighted by atomic mass is 10.2. The summed E-state index contributed by atoms with van der Waals surface area (Å²) in [6.07, 6.45) is 1.59. The highest BCUT2D eigenvalue weighted by Gasteiger charge is 2.30. The summed E-state index contributed by atoms with van der Waals surface area (Å²) in [6, 6.07) is 8.66. The first-order valence-electron chi connectivity index (χ1n) is 11.4. The second-order valence-corrected chi connectivity index (χ2v) is 12.8. The number of carbonyl (C=O) groups is 2. The molecule has 1 aliphatic heterocycles. The Morgan fingerprint density at radius 2 is 1.54 bits per heavy atom. The van der Waals surface area contributed by atoms with E-state index in [-0.39, 0.29) is 42.9 Å². The lowest BCUT2D eigenvalue weighted by Gasteiger charge is -2.17. The third-order valence-corrected chi connectivity index (χ3v) is 8.49. The van der Waals surface area contributed by atoms with E-state index in [1.54, 1.807) is 21.6 Å². The highest BCUT2D eigenvalue weighted by atomic mass is 32.2. The minimum absolute atomic E-state index is 0.0144. The number of rotatable bonds is 11. The normalized spacial score (nSPS) is 14.5. The molecule has 1 aliphatic rings. The summed E-state index contributed by atoms with van der Waals surface area (Å²) in [4.78, 5) is 24.6. The molecule has 39 heavy (non-hydrogen) atoms. The minimum atomic E-state index is -4.25. The molecule has 0 unspecified atom stereocenters. The first-order valence-corrected chi connectivity index (χ1v) is 15.4. The van der Waals surface area contributed by atoms with Gasteiger partial charge in [-0.05, 0) is 36.8 Å². The van der Waals surface area contributed by atoms with Crippen molar-refractivity contribution in [2.24, 2.45) is 0 Å². The number of anilines is 1. The number of fused-ring (bicyclic) bond motifs is 2. The predicted octanol–water partition coefficient (Wildman–Crippen LogP) is 2.34. The molecular formula is C23H23N2O11S3+. The van der Waals surface area contributed by atoms with Gasteiger partial charge in [0.05, 0.1) is 34.4 Å². The van der Waals surface area contributed by atoms with Crippen LogP contribution in [0.1, 0.15) is 38.6 Å². The molecule has 2 heterocycles. The van der Waals surface area contributed by atoms with Crippen LogP contribution in [0.15, 0.2) is 42.3 Å². The van der Waals surface area contributed by atoms with Crippen LogP contribution in [0.5, 0.6) is 5.75 Å². The second kappa shape index (κ2) is 10.9. The van der Waals surface area contributed by atoms with Crippen LogP contribution in [-0.4, -0.2) is 66.1 Å². The Labute approximate surface area is 226 Å². The van der Waals surface area contributed by atoms with E-state index in [0.717, 1.165) is 0 Å². The van der Waals surface area contributed by atoms with E-state index >= 15 is 0 Å². The SMILES string of the molecule is O=C(O)c1ccc2c(c1)N(CCCS(=O)(=O)O)C(=Cc1sc3ccc(C(=O)O)cc3[n+]1CCCS(=O)(=O)O)O2. The zero-order valence-corrected chi connectivity index (χ0v) is 22.5. The smallest absolute Gasteiger partial charge is 0.335 e. The molecular weight excluding hydrogens is 576 g/mol. The highest BCUT2D eigenvalue weighted by molar-refractivity contribution is 7.86. The van der Waals surface area contributed by atoms with E-state index in [2.05, 4.69) is 0 Å². The number of nitrogens with zero attached hydrogens (tertiary/aromatic N) is 2. The Hall–Kier alpha value is -3.57. The summed E-state index contributed by atoms with van der Waals surface area (Å²) in [5.74, 6) is -2.87. The summed E-state index contributed by atoms with van der Waals surface area (Å²) in [5.41, 5.74) is 0.856. The Balaban J connectivity index is 1.79. The summed E-state index contributed by atoms with van der Waals surface area (Å²) in [7, 11) is -8.49. The van der Waals surface area contributed by atoms with E-state index in [9.17, 15) is 36.6 Å². The van der Waals surface area contributed by atoms with Gasteiger partial charge in [-0.3, -0.25) is 9.11 Å². The molecule has 0 spiro atoms. The van der Waals surface area contributed by atoms with Crippen LogP contribution < -0.4 is 14.2 Å². The number of ether oxygens (including phenoxy) is 1. The second-order valence-electron chi connectivity index (χ2n) is 8.58. The first kappa shape index (κ1) is 28.4. The van der Waals surface area contributed by atoms with Crippen LogP contribution in [0.3, 0.4) is 0 Å². The van der Waals surface area contributed by atoms with Gasteiger partial charge >= 0.3 is 11.9 Å². The highest BCUT2D eigenvalue weighted by Crippen LogP contribution is 2.40. The Morgan fingerprint density at radius 3 is 2.18 bits per heavy atom. The molecule has 0 amide bonds. The summed E-state index contributed by atoms with van der Waals surface area (Å²) in [6.45, 7) is 0.138. The van der Waals surface area contributed by atoms with Crippen molar-refractivity contribution in [1.82, 2.24) is 0 Å². The van der Waals surface area contributed by atoms with Gasteiger partial charge in [-0.25, -0.2) is 9.59 Å². The van der Waals surface area contributed by atoms with Gasteiger partial charge in [0.15, 0.2) is 12.3 Å². The van der Waals surface area contributed by atoms with Crippen LogP contribution in [0.2, 0.25) is 0 Å². The van der Waals surface area contributed by atoms with Gasteiger partial charge in [-0.2, -0.15) is 21.4 Å². The maximum Gasteiger partial charge on any atom is 0.335 e. The van der Waals surface area contributed by atoms with Gasteiger partial charge in [0, 0.05) is 19.0 Å². The van der Waals surface area contributed by atoms with Gasteiger partial charge in [0.25, 0.3) is 25.2 Å². The van der Waals surface area contributed by atoms with Crippen LogP contribution >= 0.6 is 11.3 Å². The summed E-state index contributed by atoms with van der Waals surface area (Å²) >= 11 is 1.25. The molecule has 1 aromatic heterocycles. The van der Waals surface area contributed by atoms with Crippen molar-refractivity contribution in [1.29, 1.82) is 0 Å². The number of carboxylic acids is 2. The molecule has 0 saturated carbocycles. The molecule has 16 heteroatoms. The molecule has 3 aromatic rings. The van der Waals surface area contributed by atoms with Gasteiger partial charge < -0.3 is 19.8 Å². The standard InChI is InChI=1S/C23H22N2O11S3/c26-22(27)14-3-5-18-16(11-14)24(7-1-9-38(30,31)32)20(36-18)13-21-25(8-2-10-39(33,34)35)17-12-15(23(28)29)4-6-19(17)37-21/h3-6,11-13H,1-2,7-10H2,(H3-,26,27,28,29,30,31,32,33,34,35)/p+1. The van der Waals surface area contributed by atoms with E-state index in [4.69, 9.17) is 13.8 Å². The first-order chi connectivity index (χ1) is 18.2. The Bertz CT molecular complexity index is 1710. The van der Waals surface area contributed by atoms with Gasteiger partial charge in [0.1, 0.15) is 4.70 Å². The number of carboxylic acid groups (broad SMARTS) is 2. The van der Waals surface area contributed by atoms with E-state index in [1.807, 2.05) is 0 Å². The molecule has 4 rings (SSSR count). The number of benzene rings is 2. The molecule has 2 aromatic carbocycles. The molecule has 0 fully saturated rings. The van der Waals surface area contributed by atoms with E-state index < -0.39 is 43.7 Å². The number of thiazole rings is 1. The fourth-order valence-electron chi connectivity index (χ4n) is 4.06. The third kappa shape index (κ3) is 6.90. The summed E-state index contributed by atoms with van der Waals surface area (Å²) in [5, 5.41) is 19.4. The zero-order valence-electron chi connectivity index (χ0n) is 20.0. The topological polar surface area (TPSA) is 200 Å². The van der Waals surface area contributed by atoms with E-state index in [1.165, 1.54) is 41.7 Å². The number of aryl methyl sites for hydroxylation is 1. The van der Waals surface area contributed by atoms with Gasteiger partial charge in [0.2, 0.25) is 11.4 Å². The molecule has 0 aliphatic carbocycles. The third-order valence-electron chi connectivity index (χ3n) is 5.77. The van der Waals surface area contributed by atoms with Crippen LogP contribution in [0.4, 0.5) is 5.69 Å². The predicted molar refractivity (Wildman–Crippen MR) is 140 cm³/mol. The van der Waals surface area contributed by atoms with Crippen molar-refractivity contribution in [3.8, 4) is 5.75 Å². The quantitative estimate of drug-likeness (QED) is 0.185. The number of aromatic carboxylic acids is 2. The van der Waals surface area contributed by atoms with Crippen LogP contribution in [0.25, 0.3) is 16.3 Å². The Morgan fingerprint density at radius 1 is 0.923 bits per heavy atom. The molecule has 0 bridgehead atoms. The van der Waals surface area contributed by atoms with Gasteiger partial charge in [-0.1, -0.05) is 11.3 Å². The molecule has 208 valence electrons. The summed E-state index contributed by atoms with van der Waals surface area (Å²) < 4.78 is 71.7. The number of hydrogen-bond donors (Lipinski definition) is 4. The van der Waals surface area contributed by atoms with Crippen molar-refractivity contribution >= 4 is 65.5 Å². The average Bonchev–Trinajstić information content (AvgIpc) is 3.34. The van der Waals surface area contributed by atoms with Crippen LogP contribution in [-0.2, 0) is 26.8 Å². The van der Waals surface area contributed by atoms with E-state index in [0.29, 0.717) is 26.7 Å². The van der Waals surface area contributed by atoms with Crippen molar-refractivity contribution in [3.05, 3.63) is 58.4 Å². The minimum Gasteiger partial charge on any atom is -0.478 e. The average molecular weight is 600 g/mol. The molecule has 13 nitrogen and oxygen atoms in total. The molecule has 0 atom stereocenters. The monoisotopic (exact) mass is 599 g/mol. The van der Waals surface area contributed by atoms with Crippen molar-refractivity contribution in [3.63, 3.8) is 0 Å². The largest absolute Gasteiger partial charge is 0.478 e. The number of aromatic nitrogens is 1. The van der Waals surface area contributed by atoms with Crippen molar-refractivity contribution < 1.29 is 55.0 Å².